The highest BCUT2D eigenvalue weighted by Gasteiger charge is 2.21. The highest BCUT2D eigenvalue weighted by atomic mass is 32.2. The Morgan fingerprint density at radius 1 is 1.40 bits per heavy atom. The third-order valence-electron chi connectivity index (χ3n) is 2.82. The third-order valence-corrected chi connectivity index (χ3v) is 4.41. The van der Waals surface area contributed by atoms with Crippen molar-refractivity contribution in [2.24, 2.45) is 0 Å². The molecule has 8 heteroatoms. The molecule has 0 radical (unpaired) electrons. The first-order chi connectivity index (χ1) is 9.31. The lowest BCUT2D eigenvalue weighted by Crippen LogP contribution is -2.32. The summed E-state index contributed by atoms with van der Waals surface area (Å²) in [6.07, 6.45) is 1.59. The number of sulfonamides is 1. The molecular formula is C12H19N3O4S. The second kappa shape index (κ2) is 6.67. The zero-order valence-electron chi connectivity index (χ0n) is 11.7. The number of anilines is 1. The molecule has 0 aliphatic carbocycles. The van der Waals surface area contributed by atoms with Crippen molar-refractivity contribution in [2.75, 3.05) is 12.4 Å². The Hall–Kier alpha value is -1.67. The first kappa shape index (κ1) is 16.4. The average Bonchev–Trinajstić information content (AvgIpc) is 2.37. The molecule has 1 rings (SSSR count). The van der Waals surface area contributed by atoms with E-state index in [2.05, 4.69) is 10.0 Å². The van der Waals surface area contributed by atoms with Crippen LogP contribution in [0.25, 0.3) is 0 Å². The summed E-state index contributed by atoms with van der Waals surface area (Å²) in [5, 5.41) is 13.4. The maximum atomic E-state index is 12.2. The molecule has 0 spiro atoms. The molecule has 112 valence electrons. The fourth-order valence-corrected chi connectivity index (χ4v) is 3.17. The summed E-state index contributed by atoms with van der Waals surface area (Å²) in [5.41, 5.74) is 0.00840. The SMILES string of the molecule is CCCC(C)NS(=O)(=O)c1ccc([N+](=O)[O-])c(NC)c1. The van der Waals surface area contributed by atoms with Gasteiger partial charge in [-0.1, -0.05) is 13.3 Å². The second-order valence-electron chi connectivity index (χ2n) is 4.50. The minimum absolute atomic E-state index is 0.00963. The lowest BCUT2D eigenvalue weighted by molar-refractivity contribution is -0.384. The van der Waals surface area contributed by atoms with E-state index in [0.29, 0.717) is 0 Å². The van der Waals surface area contributed by atoms with Crippen molar-refractivity contribution in [1.82, 2.24) is 4.72 Å². The van der Waals surface area contributed by atoms with E-state index in [1.807, 2.05) is 6.92 Å². The Kier molecular flexibility index (Phi) is 5.46. The molecule has 0 aromatic heterocycles. The summed E-state index contributed by atoms with van der Waals surface area (Å²) in [6, 6.07) is 3.50. The van der Waals surface area contributed by atoms with Crippen molar-refractivity contribution in [3.05, 3.63) is 28.3 Å². The van der Waals surface area contributed by atoms with Gasteiger partial charge in [0.15, 0.2) is 0 Å². The van der Waals surface area contributed by atoms with Gasteiger partial charge >= 0.3 is 0 Å². The molecule has 0 saturated heterocycles. The average molecular weight is 301 g/mol. The number of benzene rings is 1. The molecule has 1 atom stereocenters. The number of rotatable bonds is 7. The van der Waals surface area contributed by atoms with Gasteiger partial charge in [0, 0.05) is 19.2 Å². The predicted octanol–water partition coefficient (Wildman–Crippen LogP) is 2.10. The molecule has 20 heavy (non-hydrogen) atoms. The molecule has 0 fully saturated rings. The van der Waals surface area contributed by atoms with Crippen LogP contribution >= 0.6 is 0 Å². The van der Waals surface area contributed by atoms with Crippen molar-refractivity contribution < 1.29 is 13.3 Å². The van der Waals surface area contributed by atoms with Crippen LogP contribution in [0.5, 0.6) is 0 Å². The first-order valence-electron chi connectivity index (χ1n) is 6.30. The lowest BCUT2D eigenvalue weighted by Gasteiger charge is -2.14. The number of hydrogen-bond acceptors (Lipinski definition) is 5. The number of nitro benzene ring substituents is 1. The number of nitro groups is 1. The molecule has 0 amide bonds. The van der Waals surface area contributed by atoms with Crippen LogP contribution in [-0.2, 0) is 10.0 Å². The summed E-state index contributed by atoms with van der Waals surface area (Å²) in [4.78, 5) is 10.3. The zero-order chi connectivity index (χ0) is 15.3. The van der Waals surface area contributed by atoms with Crippen molar-refractivity contribution >= 4 is 21.4 Å². The van der Waals surface area contributed by atoms with Crippen molar-refractivity contribution in [2.45, 2.75) is 37.6 Å². The van der Waals surface area contributed by atoms with Crippen molar-refractivity contribution in [1.29, 1.82) is 0 Å². The van der Waals surface area contributed by atoms with Gasteiger partial charge in [-0.2, -0.15) is 0 Å². The van der Waals surface area contributed by atoms with Crippen LogP contribution in [-0.4, -0.2) is 26.4 Å². The van der Waals surface area contributed by atoms with Crippen LogP contribution in [0.4, 0.5) is 11.4 Å². The number of nitrogens with zero attached hydrogens (tertiary/aromatic N) is 1. The van der Waals surface area contributed by atoms with Gasteiger partial charge in [-0.25, -0.2) is 13.1 Å². The van der Waals surface area contributed by atoms with Gasteiger partial charge in [-0.05, 0) is 25.5 Å². The van der Waals surface area contributed by atoms with Crippen LogP contribution in [0.3, 0.4) is 0 Å². The van der Waals surface area contributed by atoms with Crippen LogP contribution in [0.1, 0.15) is 26.7 Å². The quantitative estimate of drug-likeness (QED) is 0.593. The van der Waals surface area contributed by atoms with E-state index < -0.39 is 14.9 Å². The van der Waals surface area contributed by atoms with Crippen LogP contribution in [0.15, 0.2) is 23.1 Å². The minimum atomic E-state index is -3.67. The fraction of sp³-hybridized carbons (Fsp3) is 0.500. The van der Waals surface area contributed by atoms with Crippen LogP contribution < -0.4 is 10.0 Å². The van der Waals surface area contributed by atoms with Gasteiger partial charge in [-0.3, -0.25) is 10.1 Å². The normalized spacial score (nSPS) is 12.9. The molecule has 7 nitrogen and oxygen atoms in total. The molecule has 1 unspecified atom stereocenters. The van der Waals surface area contributed by atoms with E-state index in [9.17, 15) is 18.5 Å². The molecule has 1 aromatic rings. The highest BCUT2D eigenvalue weighted by Crippen LogP contribution is 2.27. The minimum Gasteiger partial charge on any atom is -0.383 e. The Balaban J connectivity index is 3.10. The summed E-state index contributed by atoms with van der Waals surface area (Å²) < 4.78 is 26.9. The third kappa shape index (κ3) is 3.91. The molecule has 2 N–H and O–H groups in total. The molecule has 0 heterocycles. The van der Waals surface area contributed by atoms with Crippen LogP contribution in [0.2, 0.25) is 0 Å². The molecule has 0 aliphatic rings. The van der Waals surface area contributed by atoms with E-state index >= 15 is 0 Å². The summed E-state index contributed by atoms with van der Waals surface area (Å²) in [5.74, 6) is 0. The summed E-state index contributed by atoms with van der Waals surface area (Å²) >= 11 is 0. The van der Waals surface area contributed by atoms with Gasteiger partial charge in [0.25, 0.3) is 5.69 Å². The van der Waals surface area contributed by atoms with Gasteiger partial charge in [0.05, 0.1) is 9.82 Å². The van der Waals surface area contributed by atoms with Gasteiger partial charge in [0.2, 0.25) is 10.0 Å². The fourth-order valence-electron chi connectivity index (χ4n) is 1.87. The Morgan fingerprint density at radius 2 is 2.05 bits per heavy atom. The summed E-state index contributed by atoms with van der Waals surface area (Å²) in [6.45, 7) is 3.75. The van der Waals surface area contributed by atoms with E-state index in [-0.39, 0.29) is 22.3 Å². The van der Waals surface area contributed by atoms with Crippen molar-refractivity contribution in [3.8, 4) is 0 Å². The van der Waals surface area contributed by atoms with Gasteiger partial charge in [0.1, 0.15) is 5.69 Å². The molecule has 0 bridgehead atoms. The molecule has 0 aliphatic heterocycles. The summed E-state index contributed by atoms with van der Waals surface area (Å²) in [7, 11) is -2.16. The zero-order valence-corrected chi connectivity index (χ0v) is 12.5. The van der Waals surface area contributed by atoms with Crippen molar-refractivity contribution in [3.63, 3.8) is 0 Å². The first-order valence-corrected chi connectivity index (χ1v) is 7.78. The van der Waals surface area contributed by atoms with Gasteiger partial charge < -0.3 is 5.32 Å². The monoisotopic (exact) mass is 301 g/mol. The van der Waals surface area contributed by atoms with E-state index in [1.165, 1.54) is 25.2 Å². The maximum absolute atomic E-state index is 12.2. The van der Waals surface area contributed by atoms with Gasteiger partial charge in [-0.15, -0.1) is 0 Å². The highest BCUT2D eigenvalue weighted by molar-refractivity contribution is 7.89. The molecule has 1 aromatic carbocycles. The van der Waals surface area contributed by atoms with E-state index in [4.69, 9.17) is 0 Å². The smallest absolute Gasteiger partial charge is 0.292 e. The topological polar surface area (TPSA) is 101 Å². The van der Waals surface area contributed by atoms with Crippen LogP contribution in [0, 0.1) is 10.1 Å². The van der Waals surface area contributed by atoms with E-state index in [1.54, 1.807) is 6.92 Å². The number of hydrogen-bond donors (Lipinski definition) is 2. The Labute approximate surface area is 118 Å². The second-order valence-corrected chi connectivity index (χ2v) is 6.21. The molecular weight excluding hydrogens is 282 g/mol. The predicted molar refractivity (Wildman–Crippen MR) is 77.3 cm³/mol. The Bertz CT molecular complexity index is 586. The lowest BCUT2D eigenvalue weighted by atomic mass is 10.2. The Morgan fingerprint density at radius 3 is 2.55 bits per heavy atom. The maximum Gasteiger partial charge on any atom is 0.292 e. The van der Waals surface area contributed by atoms with E-state index in [0.717, 1.165) is 12.8 Å². The number of nitrogens with one attached hydrogen (secondary N) is 2. The standard InChI is InChI=1S/C12H19N3O4S/c1-4-5-9(2)14-20(18,19)10-6-7-12(15(16)17)11(8-10)13-3/h6-9,13-14H,4-5H2,1-3H3. The molecule has 0 saturated carbocycles. The largest absolute Gasteiger partial charge is 0.383 e.